The average molecular weight is 759 g/mol. The highest BCUT2D eigenvalue weighted by Gasteiger charge is 2.70. The van der Waals surface area contributed by atoms with Gasteiger partial charge in [-0.15, -0.1) is 0 Å². The highest BCUT2D eigenvalue weighted by Crippen LogP contribution is 2.63. The van der Waals surface area contributed by atoms with E-state index in [2.05, 4.69) is 44.2 Å². The summed E-state index contributed by atoms with van der Waals surface area (Å²) in [6.07, 6.45) is 6.21. The number of benzene rings is 2. The van der Waals surface area contributed by atoms with E-state index < -0.39 is 42.0 Å². The van der Waals surface area contributed by atoms with Crippen molar-refractivity contribution in [3.63, 3.8) is 0 Å². The molecule has 55 heavy (non-hydrogen) atoms. The zero-order chi connectivity index (χ0) is 38.1. The number of rotatable bonds is 9. The third-order valence-corrected chi connectivity index (χ3v) is 15.4. The molecule has 2 aromatic carbocycles. The maximum Gasteiger partial charge on any atom is 0.308 e. The lowest BCUT2D eigenvalue weighted by molar-refractivity contribution is -0.576. The van der Waals surface area contributed by atoms with Gasteiger partial charge in [-0.25, -0.2) is 9.78 Å². The number of hydrogen-bond donors (Lipinski definition) is 1. The molecule has 0 unspecified atom stereocenters. The molecular weight excluding hydrogens is 700 g/mol. The molecule has 298 valence electrons. The van der Waals surface area contributed by atoms with E-state index in [0.717, 1.165) is 62.7 Å². The van der Waals surface area contributed by atoms with Crippen LogP contribution < -0.4 is 4.74 Å². The Morgan fingerprint density at radius 1 is 0.891 bits per heavy atom. The first kappa shape index (κ1) is 37.6. The van der Waals surface area contributed by atoms with Crippen molar-refractivity contribution in [3.8, 4) is 5.75 Å². The molecule has 4 aliphatic carbocycles. The van der Waals surface area contributed by atoms with Crippen molar-refractivity contribution in [2.75, 3.05) is 6.61 Å². The maximum absolute atomic E-state index is 13.1. The number of carbonyl (C=O) groups is 2. The first-order chi connectivity index (χ1) is 26.5. The summed E-state index contributed by atoms with van der Waals surface area (Å²) < 4.78 is 30.6. The fourth-order valence-electron chi connectivity index (χ4n) is 12.4. The number of ether oxygens (including phenoxy) is 5. The van der Waals surface area contributed by atoms with E-state index in [4.69, 9.17) is 33.5 Å². The Morgan fingerprint density at radius 3 is 2.55 bits per heavy atom. The number of aryl methyl sites for hydroxylation is 1. The molecule has 10 nitrogen and oxygen atoms in total. The molecule has 2 bridgehead atoms. The van der Waals surface area contributed by atoms with Gasteiger partial charge in [0, 0.05) is 24.2 Å². The summed E-state index contributed by atoms with van der Waals surface area (Å²) in [5.74, 6) is 0.761. The van der Waals surface area contributed by atoms with Crippen LogP contribution in [0, 0.1) is 46.8 Å². The Morgan fingerprint density at radius 2 is 1.71 bits per heavy atom. The fraction of sp³-hybridized carbons (Fsp3) is 0.689. The first-order valence-electron chi connectivity index (χ1n) is 21.0. The van der Waals surface area contributed by atoms with Crippen LogP contribution in [0.15, 0.2) is 48.5 Å². The van der Waals surface area contributed by atoms with Crippen molar-refractivity contribution in [3.05, 3.63) is 65.2 Å². The minimum absolute atomic E-state index is 0.0394. The lowest BCUT2D eigenvalue weighted by Crippen LogP contribution is -2.70. The summed E-state index contributed by atoms with van der Waals surface area (Å²) in [6, 6.07) is 16.9. The van der Waals surface area contributed by atoms with Crippen LogP contribution >= 0.6 is 0 Å². The molecule has 7 fully saturated rings. The lowest BCUT2D eigenvalue weighted by Gasteiger charge is -2.59. The second-order valence-electron chi connectivity index (χ2n) is 18.5. The van der Waals surface area contributed by atoms with Crippen molar-refractivity contribution in [2.24, 2.45) is 46.8 Å². The summed E-state index contributed by atoms with van der Waals surface area (Å²) in [5, 5.41) is 11.7. The van der Waals surface area contributed by atoms with E-state index >= 15 is 0 Å². The molecule has 3 saturated carbocycles. The van der Waals surface area contributed by atoms with Crippen LogP contribution in [0.3, 0.4) is 0 Å². The number of carbonyl (C=O) groups excluding carboxylic acids is 2. The second kappa shape index (κ2) is 14.4. The van der Waals surface area contributed by atoms with E-state index in [1.807, 2.05) is 32.0 Å². The third kappa shape index (κ3) is 6.52. The molecule has 10 rings (SSSR count). The highest BCUT2D eigenvalue weighted by molar-refractivity contribution is 5.77. The van der Waals surface area contributed by atoms with Gasteiger partial charge in [0.15, 0.2) is 11.9 Å². The van der Waals surface area contributed by atoms with Gasteiger partial charge in [0.05, 0.1) is 25.6 Å². The Kier molecular flexibility index (Phi) is 9.84. The summed E-state index contributed by atoms with van der Waals surface area (Å²) in [6.45, 7) is 9.12. The van der Waals surface area contributed by atoms with Gasteiger partial charge in [0.2, 0.25) is 12.1 Å². The smallest absolute Gasteiger partial charge is 0.308 e. The normalized spacial score (nSPS) is 42.5. The quantitative estimate of drug-likeness (QED) is 0.201. The van der Waals surface area contributed by atoms with E-state index in [1.54, 1.807) is 0 Å². The average Bonchev–Trinajstić information content (AvgIpc) is 3.27. The summed E-state index contributed by atoms with van der Waals surface area (Å²) >= 11 is 0. The van der Waals surface area contributed by atoms with Crippen LogP contribution in [0.1, 0.15) is 115 Å². The zero-order valence-corrected chi connectivity index (χ0v) is 32.8. The molecule has 1 N–H and O–H groups in total. The second-order valence-corrected chi connectivity index (χ2v) is 18.5. The minimum atomic E-state index is -0.911. The van der Waals surface area contributed by atoms with Crippen LogP contribution in [0.5, 0.6) is 5.75 Å². The topological polar surface area (TPSA) is 119 Å². The van der Waals surface area contributed by atoms with Gasteiger partial charge in [0.25, 0.3) is 0 Å². The van der Waals surface area contributed by atoms with Crippen molar-refractivity contribution < 1.29 is 48.2 Å². The van der Waals surface area contributed by atoms with Gasteiger partial charge in [-0.1, -0.05) is 57.2 Å². The standard InChI is InChI=1S/C45H58O10/c1-26-10-15-36-27(2)41(52-42-45(36)35(26)19-21-44(4,53-42)54-55-45)51-39(47)17-16-38(46)50-25-30-23-37-34-13-11-29-22-31(49-24-28-8-6-5-7-9-28)12-14-32(29)33(34)18-20-43(37,3)40(30)48/h5-9,12,14,22,26-27,30,33-37,40-42,48H,10-11,13,15-21,23-25H2,1-4H3/t26-,27-,30-,33-,34-,35+,36+,37+,40+,41-,42-,43+,44-,45-/m1/s1. The van der Waals surface area contributed by atoms with Crippen molar-refractivity contribution in [1.82, 2.24) is 0 Å². The molecule has 8 aliphatic rings. The van der Waals surface area contributed by atoms with Gasteiger partial charge in [-0.2, -0.15) is 0 Å². The number of hydrogen-bond acceptors (Lipinski definition) is 10. The largest absolute Gasteiger partial charge is 0.489 e. The summed E-state index contributed by atoms with van der Waals surface area (Å²) in [5.41, 5.74) is 3.02. The minimum Gasteiger partial charge on any atom is -0.489 e. The lowest BCUT2D eigenvalue weighted by atomic mass is 9.55. The Balaban J connectivity index is 0.771. The van der Waals surface area contributed by atoms with Gasteiger partial charge in [-0.3, -0.25) is 9.59 Å². The van der Waals surface area contributed by atoms with Crippen LogP contribution in [0.4, 0.5) is 0 Å². The number of aliphatic hydroxyl groups is 1. The monoisotopic (exact) mass is 758 g/mol. The van der Waals surface area contributed by atoms with E-state index in [9.17, 15) is 14.7 Å². The van der Waals surface area contributed by atoms with E-state index in [0.29, 0.717) is 36.7 Å². The number of fused-ring (bicyclic) bond motifs is 7. The van der Waals surface area contributed by atoms with Crippen LogP contribution in [-0.2, 0) is 51.3 Å². The van der Waals surface area contributed by atoms with Gasteiger partial charge >= 0.3 is 11.9 Å². The van der Waals surface area contributed by atoms with Crippen molar-refractivity contribution in [2.45, 2.75) is 141 Å². The predicted molar refractivity (Wildman–Crippen MR) is 200 cm³/mol. The van der Waals surface area contributed by atoms with Crippen LogP contribution in [-0.4, -0.2) is 53.7 Å². The summed E-state index contributed by atoms with van der Waals surface area (Å²) in [7, 11) is 0. The van der Waals surface area contributed by atoms with Crippen LogP contribution in [0.25, 0.3) is 0 Å². The Labute approximate surface area is 324 Å². The van der Waals surface area contributed by atoms with Crippen molar-refractivity contribution in [1.29, 1.82) is 0 Å². The molecule has 4 heterocycles. The van der Waals surface area contributed by atoms with E-state index in [1.165, 1.54) is 11.1 Å². The molecule has 0 amide bonds. The van der Waals surface area contributed by atoms with Crippen molar-refractivity contribution >= 4 is 11.9 Å². The number of aliphatic hydroxyl groups excluding tert-OH is 1. The molecular formula is C45H58O10. The van der Waals surface area contributed by atoms with Crippen LogP contribution in [0.2, 0.25) is 0 Å². The molecule has 0 aromatic heterocycles. The Hall–Kier alpha value is -3.02. The molecule has 14 atom stereocenters. The third-order valence-electron chi connectivity index (χ3n) is 15.4. The summed E-state index contributed by atoms with van der Waals surface area (Å²) in [4.78, 5) is 38.2. The SMILES string of the molecule is C[C@H]1[C@H](OC(=O)CCC(=O)OC[C@H]2C[C@H]3[C@@H]4CCc5cc(OCc6ccccc6)ccc5[C@H]4CC[C@]3(C)[C@H]2O)O[C@@H]2O[C@@]3(C)CC[C@H]4[C@H](C)CC[C@@H]1[C@@]24OO3. The van der Waals surface area contributed by atoms with Gasteiger partial charge in [-0.05, 0) is 122 Å². The molecule has 4 aliphatic heterocycles. The predicted octanol–water partition coefficient (Wildman–Crippen LogP) is 7.78. The zero-order valence-electron chi connectivity index (χ0n) is 32.8. The molecule has 0 radical (unpaired) electrons. The molecule has 2 aromatic rings. The first-order valence-corrected chi connectivity index (χ1v) is 21.0. The van der Waals surface area contributed by atoms with Gasteiger partial charge in [0.1, 0.15) is 12.4 Å². The number of esters is 2. The highest BCUT2D eigenvalue weighted by atomic mass is 17.3. The fourth-order valence-corrected chi connectivity index (χ4v) is 12.4. The maximum atomic E-state index is 13.1. The molecule has 1 spiro atoms. The molecule has 10 heteroatoms. The molecule has 4 saturated heterocycles. The van der Waals surface area contributed by atoms with Gasteiger partial charge < -0.3 is 28.8 Å². The van der Waals surface area contributed by atoms with E-state index in [-0.39, 0.29) is 48.5 Å². The Bertz CT molecular complexity index is 1750.